The van der Waals surface area contributed by atoms with Crippen molar-refractivity contribution >= 4 is 17.5 Å². The van der Waals surface area contributed by atoms with E-state index in [0.29, 0.717) is 29.9 Å². The van der Waals surface area contributed by atoms with Crippen molar-refractivity contribution in [1.82, 2.24) is 4.90 Å². The quantitative estimate of drug-likeness (QED) is 0.774. The molecule has 1 aliphatic rings. The zero-order valence-corrected chi connectivity index (χ0v) is 13.3. The van der Waals surface area contributed by atoms with Crippen molar-refractivity contribution in [2.45, 2.75) is 51.6 Å². The summed E-state index contributed by atoms with van der Waals surface area (Å²) in [6.07, 6.45) is 4.42. The summed E-state index contributed by atoms with van der Waals surface area (Å²) in [4.78, 5) is 26.1. The number of nitrogens with one attached hydrogen (secondary N) is 1. The lowest BCUT2D eigenvalue weighted by molar-refractivity contribution is -0.118. The fraction of sp³-hybridized carbons (Fsp3) is 0.529. The summed E-state index contributed by atoms with van der Waals surface area (Å²) in [5.41, 5.74) is 6.17. The summed E-state index contributed by atoms with van der Waals surface area (Å²) in [5, 5.41) is 2.83. The first-order valence-corrected chi connectivity index (χ1v) is 8.01. The number of rotatable bonds is 8. The van der Waals surface area contributed by atoms with E-state index in [4.69, 9.17) is 5.73 Å². The van der Waals surface area contributed by atoms with E-state index in [1.165, 1.54) is 12.8 Å². The molecular weight excluding hydrogens is 278 g/mol. The highest BCUT2D eigenvalue weighted by Crippen LogP contribution is 2.30. The molecule has 1 fully saturated rings. The zero-order chi connectivity index (χ0) is 16.1. The van der Waals surface area contributed by atoms with Crippen molar-refractivity contribution < 1.29 is 9.59 Å². The Morgan fingerprint density at radius 3 is 2.45 bits per heavy atom. The van der Waals surface area contributed by atoms with Gasteiger partial charge in [-0.3, -0.25) is 14.5 Å². The lowest BCUT2D eigenvalue weighted by Gasteiger charge is -2.29. The summed E-state index contributed by atoms with van der Waals surface area (Å²) >= 11 is 0. The molecular formula is C17H25N3O2. The molecule has 1 aliphatic carbocycles. The van der Waals surface area contributed by atoms with Crippen LogP contribution in [0.15, 0.2) is 24.3 Å². The van der Waals surface area contributed by atoms with Crippen molar-refractivity contribution in [2.75, 3.05) is 11.9 Å². The number of primary amides is 1. The Labute approximate surface area is 131 Å². The third kappa shape index (κ3) is 4.07. The van der Waals surface area contributed by atoms with Crippen molar-refractivity contribution in [3.63, 3.8) is 0 Å². The minimum atomic E-state index is -0.532. The van der Waals surface area contributed by atoms with Crippen molar-refractivity contribution in [3.05, 3.63) is 29.8 Å². The van der Waals surface area contributed by atoms with Crippen LogP contribution >= 0.6 is 0 Å². The summed E-state index contributed by atoms with van der Waals surface area (Å²) in [7, 11) is 0. The third-order valence-electron chi connectivity index (χ3n) is 4.22. The van der Waals surface area contributed by atoms with Gasteiger partial charge in [-0.2, -0.15) is 0 Å². The molecule has 120 valence electrons. The van der Waals surface area contributed by atoms with Gasteiger partial charge in [-0.25, -0.2) is 0 Å². The van der Waals surface area contributed by atoms with Crippen LogP contribution in [-0.2, 0) is 4.79 Å². The highest BCUT2D eigenvalue weighted by Gasteiger charge is 2.33. The number of para-hydroxylation sites is 1. The maximum atomic E-state index is 12.4. The molecule has 0 aromatic heterocycles. The van der Waals surface area contributed by atoms with E-state index in [-0.39, 0.29) is 5.91 Å². The Morgan fingerprint density at radius 1 is 1.27 bits per heavy atom. The van der Waals surface area contributed by atoms with E-state index in [1.807, 2.05) is 0 Å². The van der Waals surface area contributed by atoms with E-state index in [9.17, 15) is 9.59 Å². The molecule has 2 amide bonds. The fourth-order valence-electron chi connectivity index (χ4n) is 2.88. The standard InChI is InChI=1S/C17H25N3O2/c1-3-12(4-2)20(13-9-10-13)11-16(21)19-15-8-6-5-7-14(15)17(18)22/h5-8,12-13H,3-4,9-11H2,1-2H3,(H2,18,22)(H,19,21). The predicted molar refractivity (Wildman–Crippen MR) is 87.7 cm³/mol. The van der Waals surface area contributed by atoms with Gasteiger partial charge in [0.15, 0.2) is 0 Å². The molecule has 1 aromatic rings. The molecule has 1 saturated carbocycles. The normalized spacial score (nSPS) is 14.4. The van der Waals surface area contributed by atoms with E-state index < -0.39 is 5.91 Å². The predicted octanol–water partition coefficient (Wildman–Crippen LogP) is 2.38. The lowest BCUT2D eigenvalue weighted by atomic mass is 10.1. The number of hydrogen-bond acceptors (Lipinski definition) is 3. The summed E-state index contributed by atoms with van der Waals surface area (Å²) in [5.74, 6) is -0.623. The van der Waals surface area contributed by atoms with Crippen LogP contribution in [0.3, 0.4) is 0 Å². The number of carbonyl (C=O) groups excluding carboxylic acids is 2. The van der Waals surface area contributed by atoms with E-state index in [1.54, 1.807) is 24.3 Å². The average Bonchev–Trinajstić information content (AvgIpc) is 3.32. The SMILES string of the molecule is CCC(CC)N(CC(=O)Nc1ccccc1C(N)=O)C1CC1. The molecule has 0 aliphatic heterocycles. The van der Waals surface area contributed by atoms with Gasteiger partial charge in [-0.1, -0.05) is 26.0 Å². The molecule has 0 radical (unpaired) electrons. The molecule has 0 atom stereocenters. The first-order chi connectivity index (χ1) is 10.6. The Hall–Kier alpha value is -1.88. The van der Waals surface area contributed by atoms with Crippen LogP contribution in [0, 0.1) is 0 Å². The molecule has 1 aromatic carbocycles. The van der Waals surface area contributed by atoms with Crippen LogP contribution in [0.25, 0.3) is 0 Å². The molecule has 2 rings (SSSR count). The maximum Gasteiger partial charge on any atom is 0.250 e. The summed E-state index contributed by atoms with van der Waals surface area (Å²) < 4.78 is 0. The van der Waals surface area contributed by atoms with Crippen LogP contribution in [0.2, 0.25) is 0 Å². The van der Waals surface area contributed by atoms with Crippen molar-refractivity contribution in [2.24, 2.45) is 5.73 Å². The number of amides is 2. The minimum absolute atomic E-state index is 0.0903. The Morgan fingerprint density at radius 2 is 1.91 bits per heavy atom. The van der Waals surface area contributed by atoms with Gasteiger partial charge in [0, 0.05) is 12.1 Å². The van der Waals surface area contributed by atoms with E-state index >= 15 is 0 Å². The van der Waals surface area contributed by atoms with Gasteiger partial charge in [0.05, 0.1) is 17.8 Å². The van der Waals surface area contributed by atoms with Crippen LogP contribution in [-0.4, -0.2) is 35.3 Å². The maximum absolute atomic E-state index is 12.4. The zero-order valence-electron chi connectivity index (χ0n) is 13.3. The average molecular weight is 303 g/mol. The Bertz CT molecular complexity index is 536. The van der Waals surface area contributed by atoms with Gasteiger partial charge in [-0.05, 0) is 37.8 Å². The highest BCUT2D eigenvalue weighted by atomic mass is 16.2. The molecule has 0 heterocycles. The van der Waals surface area contributed by atoms with Gasteiger partial charge in [0.1, 0.15) is 0 Å². The van der Waals surface area contributed by atoms with Crippen LogP contribution in [0.1, 0.15) is 49.9 Å². The number of nitrogens with zero attached hydrogens (tertiary/aromatic N) is 1. The number of nitrogens with two attached hydrogens (primary N) is 1. The molecule has 5 nitrogen and oxygen atoms in total. The lowest BCUT2D eigenvalue weighted by Crippen LogP contribution is -2.42. The van der Waals surface area contributed by atoms with E-state index in [2.05, 4.69) is 24.1 Å². The second-order valence-corrected chi connectivity index (χ2v) is 5.83. The monoisotopic (exact) mass is 303 g/mol. The summed E-state index contributed by atoms with van der Waals surface area (Å²) in [6, 6.07) is 7.80. The second kappa shape index (κ2) is 7.40. The third-order valence-corrected chi connectivity index (χ3v) is 4.22. The molecule has 5 heteroatoms. The number of anilines is 1. The van der Waals surface area contributed by atoms with Gasteiger partial charge in [0.25, 0.3) is 5.91 Å². The number of hydrogen-bond donors (Lipinski definition) is 2. The molecule has 0 saturated heterocycles. The van der Waals surface area contributed by atoms with Crippen LogP contribution in [0.4, 0.5) is 5.69 Å². The second-order valence-electron chi connectivity index (χ2n) is 5.83. The first-order valence-electron chi connectivity index (χ1n) is 8.01. The van der Waals surface area contributed by atoms with Gasteiger partial charge in [0.2, 0.25) is 5.91 Å². The van der Waals surface area contributed by atoms with Gasteiger partial charge >= 0.3 is 0 Å². The fourth-order valence-corrected chi connectivity index (χ4v) is 2.88. The van der Waals surface area contributed by atoms with Crippen molar-refractivity contribution in [1.29, 1.82) is 0 Å². The molecule has 3 N–H and O–H groups in total. The Kier molecular flexibility index (Phi) is 5.55. The van der Waals surface area contributed by atoms with Gasteiger partial charge in [-0.15, -0.1) is 0 Å². The smallest absolute Gasteiger partial charge is 0.250 e. The molecule has 0 spiro atoms. The minimum Gasteiger partial charge on any atom is -0.366 e. The largest absolute Gasteiger partial charge is 0.366 e. The van der Waals surface area contributed by atoms with Crippen LogP contribution in [0.5, 0.6) is 0 Å². The first kappa shape index (κ1) is 16.5. The van der Waals surface area contributed by atoms with Gasteiger partial charge < -0.3 is 11.1 Å². The number of carbonyl (C=O) groups is 2. The Balaban J connectivity index is 2.04. The molecule has 0 unspecified atom stereocenters. The summed E-state index contributed by atoms with van der Waals surface area (Å²) in [6.45, 7) is 4.68. The topological polar surface area (TPSA) is 75.4 Å². The van der Waals surface area contributed by atoms with E-state index in [0.717, 1.165) is 12.8 Å². The molecule has 22 heavy (non-hydrogen) atoms. The molecule has 0 bridgehead atoms. The van der Waals surface area contributed by atoms with Crippen molar-refractivity contribution in [3.8, 4) is 0 Å². The van der Waals surface area contributed by atoms with Crippen LogP contribution < -0.4 is 11.1 Å². The number of benzene rings is 1. The highest BCUT2D eigenvalue weighted by molar-refractivity contribution is 6.03.